The van der Waals surface area contributed by atoms with Gasteiger partial charge in [-0.15, -0.1) is 0 Å². The topological polar surface area (TPSA) is 112 Å². The van der Waals surface area contributed by atoms with E-state index in [1.54, 1.807) is 31.0 Å². The monoisotopic (exact) mass is 451 g/mol. The first kappa shape index (κ1) is 19.9. The van der Waals surface area contributed by atoms with Crippen LogP contribution in [-0.2, 0) is 0 Å². The van der Waals surface area contributed by atoms with Gasteiger partial charge in [0.05, 0.1) is 17.3 Å². The van der Waals surface area contributed by atoms with Crippen molar-refractivity contribution < 1.29 is 4.39 Å². The van der Waals surface area contributed by atoms with Crippen LogP contribution in [0.15, 0.2) is 61.4 Å². The van der Waals surface area contributed by atoms with Crippen molar-refractivity contribution in [2.24, 2.45) is 0 Å². The molecule has 6 rings (SSSR count). The molecule has 34 heavy (non-hydrogen) atoms. The van der Waals surface area contributed by atoms with Crippen molar-refractivity contribution in [2.45, 2.75) is 0 Å². The summed E-state index contributed by atoms with van der Waals surface area (Å²) in [7, 11) is 3.81. The molecule has 0 atom stereocenters. The fourth-order valence-electron chi connectivity index (χ4n) is 3.93. The number of nitrogens with zero attached hydrogens (tertiary/aromatic N) is 7. The number of hydrogen-bond acceptors (Lipinski definition) is 7. The molecule has 0 bridgehead atoms. The van der Waals surface area contributed by atoms with Crippen LogP contribution in [0.3, 0.4) is 0 Å². The number of aromatic nitrogens is 8. The molecular weight excluding hydrogens is 433 g/mol. The smallest absolute Gasteiger partial charge is 0.161 e. The molecule has 0 aliphatic rings. The van der Waals surface area contributed by atoms with Gasteiger partial charge in [0.15, 0.2) is 17.1 Å². The average molecular weight is 451 g/mol. The Hall–Kier alpha value is -4.73. The van der Waals surface area contributed by atoms with Crippen molar-refractivity contribution in [3.8, 4) is 33.8 Å². The summed E-state index contributed by atoms with van der Waals surface area (Å²) in [4.78, 5) is 26.9. The molecule has 2 N–H and O–H groups in total. The number of fused-ring (bicyclic) bond motifs is 2. The molecule has 0 aromatic carbocycles. The summed E-state index contributed by atoms with van der Waals surface area (Å²) in [5, 5.41) is 7.38. The molecular formula is C24H18FN9. The quantitative estimate of drug-likeness (QED) is 0.413. The van der Waals surface area contributed by atoms with E-state index in [4.69, 9.17) is 4.98 Å². The van der Waals surface area contributed by atoms with E-state index in [0.29, 0.717) is 39.5 Å². The Morgan fingerprint density at radius 2 is 1.71 bits per heavy atom. The Morgan fingerprint density at radius 3 is 2.53 bits per heavy atom. The Labute approximate surface area is 192 Å². The number of H-pyrrole nitrogens is 2. The number of nitrogens with one attached hydrogen (secondary N) is 2. The van der Waals surface area contributed by atoms with Gasteiger partial charge in [0.2, 0.25) is 0 Å². The normalized spacial score (nSPS) is 11.4. The number of hydrogen-bond donors (Lipinski definition) is 2. The largest absolute Gasteiger partial charge is 0.376 e. The second kappa shape index (κ2) is 7.69. The van der Waals surface area contributed by atoms with Crippen LogP contribution in [0.4, 0.5) is 10.1 Å². The van der Waals surface area contributed by atoms with E-state index < -0.39 is 5.82 Å². The zero-order chi connectivity index (χ0) is 23.2. The van der Waals surface area contributed by atoms with E-state index in [2.05, 4.69) is 35.1 Å². The van der Waals surface area contributed by atoms with Gasteiger partial charge in [0.1, 0.15) is 17.0 Å². The summed E-state index contributed by atoms with van der Waals surface area (Å²) in [5.41, 5.74) is 5.55. The van der Waals surface area contributed by atoms with E-state index >= 15 is 4.39 Å². The summed E-state index contributed by atoms with van der Waals surface area (Å²) in [6.45, 7) is 0. The van der Waals surface area contributed by atoms with Crippen LogP contribution in [0.1, 0.15) is 0 Å². The highest BCUT2D eigenvalue weighted by molar-refractivity contribution is 5.96. The number of halogens is 1. The molecule has 0 saturated carbocycles. The molecule has 0 saturated heterocycles. The van der Waals surface area contributed by atoms with E-state index in [0.717, 1.165) is 16.8 Å². The Morgan fingerprint density at radius 1 is 0.853 bits per heavy atom. The molecule has 0 aliphatic heterocycles. The van der Waals surface area contributed by atoms with Crippen LogP contribution in [0.25, 0.3) is 56.0 Å². The summed E-state index contributed by atoms with van der Waals surface area (Å²) >= 11 is 0. The Balaban J connectivity index is 1.52. The van der Waals surface area contributed by atoms with Crippen molar-refractivity contribution in [1.29, 1.82) is 0 Å². The molecule has 0 unspecified atom stereocenters. The highest BCUT2D eigenvalue weighted by Gasteiger charge is 2.21. The molecule has 0 amide bonds. The Bertz CT molecular complexity index is 1650. The van der Waals surface area contributed by atoms with Gasteiger partial charge in [-0.3, -0.25) is 15.1 Å². The van der Waals surface area contributed by atoms with Crippen LogP contribution in [0.5, 0.6) is 0 Å². The maximum atomic E-state index is 15.9. The van der Waals surface area contributed by atoms with Crippen LogP contribution < -0.4 is 4.90 Å². The minimum atomic E-state index is -0.450. The minimum Gasteiger partial charge on any atom is -0.376 e. The minimum absolute atomic E-state index is 0.247. The first-order valence-electron chi connectivity index (χ1n) is 10.5. The van der Waals surface area contributed by atoms with Crippen molar-refractivity contribution in [2.75, 3.05) is 19.0 Å². The number of anilines is 1. The predicted octanol–water partition coefficient (Wildman–Crippen LogP) is 4.23. The zero-order valence-corrected chi connectivity index (χ0v) is 18.3. The third kappa shape index (κ3) is 3.15. The highest BCUT2D eigenvalue weighted by Crippen LogP contribution is 2.34. The molecule has 0 aliphatic carbocycles. The lowest BCUT2D eigenvalue weighted by Crippen LogP contribution is -2.08. The maximum absolute atomic E-state index is 15.9. The van der Waals surface area contributed by atoms with Crippen LogP contribution in [0, 0.1) is 5.82 Å². The van der Waals surface area contributed by atoms with Crippen molar-refractivity contribution in [3.05, 3.63) is 67.3 Å². The van der Waals surface area contributed by atoms with Gasteiger partial charge in [0, 0.05) is 61.8 Å². The van der Waals surface area contributed by atoms with Gasteiger partial charge in [-0.05, 0) is 29.8 Å². The molecule has 10 heteroatoms. The highest BCUT2D eigenvalue weighted by atomic mass is 19.1. The maximum Gasteiger partial charge on any atom is 0.161 e. The first-order valence-corrected chi connectivity index (χ1v) is 10.5. The molecule has 166 valence electrons. The molecule has 6 heterocycles. The van der Waals surface area contributed by atoms with Crippen LogP contribution in [-0.4, -0.2) is 54.2 Å². The lowest BCUT2D eigenvalue weighted by Gasteiger charge is -2.13. The third-order valence-electron chi connectivity index (χ3n) is 5.68. The Kier molecular flexibility index (Phi) is 4.51. The van der Waals surface area contributed by atoms with E-state index in [1.807, 2.05) is 43.3 Å². The standard InChI is InChI=1S/C24H18FN9/c1-34(2)15-9-14(10-27-11-15)17-12-29-22-18(19(17)25)21(32-33-22)24-30-20-16(5-8-28-23(20)31-24)13-3-6-26-7-4-13/h3-12H,1-2H3,(H,28,30,31)(H,29,32,33). The van der Waals surface area contributed by atoms with Crippen molar-refractivity contribution >= 4 is 27.9 Å². The number of pyridine rings is 4. The zero-order valence-electron chi connectivity index (χ0n) is 18.3. The number of rotatable bonds is 4. The number of imidazole rings is 1. The lowest BCUT2D eigenvalue weighted by atomic mass is 10.1. The fourth-order valence-corrected chi connectivity index (χ4v) is 3.93. The second-order valence-electron chi connectivity index (χ2n) is 7.98. The van der Waals surface area contributed by atoms with E-state index in [1.165, 1.54) is 6.20 Å². The molecule has 0 spiro atoms. The third-order valence-corrected chi connectivity index (χ3v) is 5.68. The van der Waals surface area contributed by atoms with Crippen LogP contribution >= 0.6 is 0 Å². The van der Waals surface area contributed by atoms with Gasteiger partial charge in [0.25, 0.3) is 0 Å². The predicted molar refractivity (Wildman–Crippen MR) is 128 cm³/mol. The lowest BCUT2D eigenvalue weighted by molar-refractivity contribution is 0.642. The summed E-state index contributed by atoms with van der Waals surface area (Å²) in [6, 6.07) is 7.55. The summed E-state index contributed by atoms with van der Waals surface area (Å²) in [5.74, 6) is -0.0532. The summed E-state index contributed by atoms with van der Waals surface area (Å²) < 4.78 is 15.9. The molecule has 6 aromatic rings. The van der Waals surface area contributed by atoms with Gasteiger partial charge in [-0.25, -0.2) is 19.3 Å². The fraction of sp³-hybridized carbons (Fsp3) is 0.0833. The van der Waals surface area contributed by atoms with Gasteiger partial charge in [-0.1, -0.05) is 0 Å². The summed E-state index contributed by atoms with van der Waals surface area (Å²) in [6.07, 6.45) is 9.97. The van der Waals surface area contributed by atoms with Crippen molar-refractivity contribution in [1.82, 2.24) is 40.1 Å². The molecule has 0 fully saturated rings. The second-order valence-corrected chi connectivity index (χ2v) is 7.98. The van der Waals surface area contributed by atoms with Crippen molar-refractivity contribution in [3.63, 3.8) is 0 Å². The number of aromatic amines is 2. The molecule has 6 aromatic heterocycles. The SMILES string of the molecule is CN(C)c1cncc(-c2cnc3[nH]nc(-c4nc5c(-c6ccncc6)ccnc5[nH]4)c3c2F)c1. The van der Waals surface area contributed by atoms with Gasteiger partial charge < -0.3 is 9.88 Å². The first-order chi connectivity index (χ1) is 16.6. The van der Waals surface area contributed by atoms with E-state index in [-0.39, 0.29) is 5.39 Å². The van der Waals surface area contributed by atoms with Crippen LogP contribution in [0.2, 0.25) is 0 Å². The molecule has 0 radical (unpaired) electrons. The molecule has 9 nitrogen and oxygen atoms in total. The average Bonchev–Trinajstić information content (AvgIpc) is 3.49. The van der Waals surface area contributed by atoms with Gasteiger partial charge in [-0.2, -0.15) is 5.10 Å². The van der Waals surface area contributed by atoms with Gasteiger partial charge >= 0.3 is 0 Å². The van der Waals surface area contributed by atoms with E-state index in [9.17, 15) is 0 Å².